The molecule has 2 rings (SSSR count). The average Bonchev–Trinajstić information content (AvgIpc) is 2.64. The van der Waals surface area contributed by atoms with Crippen LogP contribution in [0.3, 0.4) is 0 Å². The van der Waals surface area contributed by atoms with E-state index in [4.69, 9.17) is 17.3 Å². The van der Waals surface area contributed by atoms with Crippen molar-refractivity contribution in [1.82, 2.24) is 10.6 Å². The Morgan fingerprint density at radius 3 is 2.31 bits per heavy atom. The van der Waals surface area contributed by atoms with Crippen molar-refractivity contribution >= 4 is 23.4 Å². The molecule has 5 nitrogen and oxygen atoms in total. The molecule has 0 saturated carbocycles. The summed E-state index contributed by atoms with van der Waals surface area (Å²) in [5.41, 5.74) is 7.58. The summed E-state index contributed by atoms with van der Waals surface area (Å²) in [6.07, 6.45) is 0. The largest absolute Gasteiger partial charge is 0.346 e. The third-order valence-corrected chi connectivity index (χ3v) is 4.30. The van der Waals surface area contributed by atoms with Gasteiger partial charge in [0.15, 0.2) is 0 Å². The minimum absolute atomic E-state index is 0.00147. The van der Waals surface area contributed by atoms with Crippen LogP contribution in [0.4, 0.5) is 0 Å². The first-order chi connectivity index (χ1) is 12.4. The smallest absolute Gasteiger partial charge is 0.240 e. The van der Waals surface area contributed by atoms with Gasteiger partial charge in [-0.2, -0.15) is 0 Å². The SMILES string of the molecule is CC(C)[C@H](N)C(=O)NCC(=O)NC(c1ccccc1)c1cccc(Cl)c1. The van der Waals surface area contributed by atoms with E-state index < -0.39 is 6.04 Å². The van der Waals surface area contributed by atoms with Crippen molar-refractivity contribution in [3.63, 3.8) is 0 Å². The Bertz CT molecular complexity index is 750. The topological polar surface area (TPSA) is 84.2 Å². The molecule has 0 aliphatic rings. The van der Waals surface area contributed by atoms with E-state index >= 15 is 0 Å². The maximum Gasteiger partial charge on any atom is 0.240 e. The molecule has 0 spiro atoms. The average molecular weight is 374 g/mol. The number of carbonyl (C=O) groups excluding carboxylic acids is 2. The van der Waals surface area contributed by atoms with Crippen molar-refractivity contribution in [1.29, 1.82) is 0 Å². The van der Waals surface area contributed by atoms with Crippen LogP contribution in [0.15, 0.2) is 54.6 Å². The second-order valence-electron chi connectivity index (χ2n) is 6.45. The van der Waals surface area contributed by atoms with Crippen LogP contribution in [0.2, 0.25) is 5.02 Å². The second-order valence-corrected chi connectivity index (χ2v) is 6.89. The van der Waals surface area contributed by atoms with E-state index in [9.17, 15) is 9.59 Å². The number of benzene rings is 2. The molecule has 26 heavy (non-hydrogen) atoms. The molecule has 0 bridgehead atoms. The van der Waals surface area contributed by atoms with Gasteiger partial charge < -0.3 is 16.4 Å². The van der Waals surface area contributed by atoms with E-state index in [0.29, 0.717) is 5.02 Å². The third kappa shape index (κ3) is 5.58. The van der Waals surface area contributed by atoms with Crippen molar-refractivity contribution in [2.45, 2.75) is 25.9 Å². The van der Waals surface area contributed by atoms with Gasteiger partial charge in [-0.15, -0.1) is 0 Å². The highest BCUT2D eigenvalue weighted by molar-refractivity contribution is 6.30. The molecule has 2 aromatic carbocycles. The Hall–Kier alpha value is -2.37. The molecule has 0 fully saturated rings. The molecule has 0 aliphatic heterocycles. The molecule has 0 radical (unpaired) electrons. The number of hydrogen-bond donors (Lipinski definition) is 3. The van der Waals surface area contributed by atoms with Gasteiger partial charge in [0.2, 0.25) is 11.8 Å². The van der Waals surface area contributed by atoms with Crippen LogP contribution in [0.5, 0.6) is 0 Å². The molecule has 0 aliphatic carbocycles. The molecule has 2 atom stereocenters. The molecule has 1 unspecified atom stereocenters. The zero-order valence-corrected chi connectivity index (χ0v) is 15.7. The van der Waals surface area contributed by atoms with Gasteiger partial charge in [0.1, 0.15) is 0 Å². The first-order valence-electron chi connectivity index (χ1n) is 8.51. The number of hydrogen-bond acceptors (Lipinski definition) is 3. The summed E-state index contributed by atoms with van der Waals surface area (Å²) in [7, 11) is 0. The lowest BCUT2D eigenvalue weighted by molar-refractivity contribution is -0.127. The van der Waals surface area contributed by atoms with Crippen molar-refractivity contribution in [3.05, 3.63) is 70.7 Å². The van der Waals surface area contributed by atoms with Crippen molar-refractivity contribution in [2.24, 2.45) is 11.7 Å². The quantitative estimate of drug-likeness (QED) is 0.697. The molecule has 2 aromatic rings. The number of amides is 2. The van der Waals surface area contributed by atoms with Crippen molar-refractivity contribution in [3.8, 4) is 0 Å². The molecule has 2 amide bonds. The predicted molar refractivity (Wildman–Crippen MR) is 104 cm³/mol. The highest BCUT2D eigenvalue weighted by Crippen LogP contribution is 2.24. The van der Waals surface area contributed by atoms with Gasteiger partial charge in [-0.25, -0.2) is 0 Å². The fourth-order valence-corrected chi connectivity index (χ4v) is 2.69. The summed E-state index contributed by atoms with van der Waals surface area (Å²) in [6, 6.07) is 15.9. The highest BCUT2D eigenvalue weighted by Gasteiger charge is 2.20. The van der Waals surface area contributed by atoms with E-state index in [1.165, 1.54) is 0 Å². The maximum absolute atomic E-state index is 12.4. The van der Waals surface area contributed by atoms with Crippen LogP contribution in [-0.4, -0.2) is 24.4 Å². The lowest BCUT2D eigenvalue weighted by Crippen LogP contribution is -2.47. The summed E-state index contributed by atoms with van der Waals surface area (Å²) in [5.74, 6) is -0.640. The van der Waals surface area contributed by atoms with Gasteiger partial charge in [-0.1, -0.05) is 67.9 Å². The summed E-state index contributed by atoms with van der Waals surface area (Å²) < 4.78 is 0. The number of nitrogens with two attached hydrogens (primary N) is 1. The Kier molecular flexibility index (Phi) is 7.18. The number of nitrogens with one attached hydrogen (secondary N) is 2. The van der Waals surface area contributed by atoms with Crippen LogP contribution in [-0.2, 0) is 9.59 Å². The Morgan fingerprint density at radius 1 is 1.04 bits per heavy atom. The fourth-order valence-electron chi connectivity index (χ4n) is 2.49. The van der Waals surface area contributed by atoms with Crippen LogP contribution in [0, 0.1) is 5.92 Å². The van der Waals surface area contributed by atoms with Crippen LogP contribution in [0.25, 0.3) is 0 Å². The lowest BCUT2D eigenvalue weighted by atomic mass is 9.98. The first kappa shape index (κ1) is 19.9. The van der Waals surface area contributed by atoms with E-state index in [1.54, 1.807) is 6.07 Å². The lowest BCUT2D eigenvalue weighted by Gasteiger charge is -2.21. The molecular weight excluding hydrogens is 350 g/mol. The number of rotatable bonds is 7. The molecule has 6 heteroatoms. The minimum Gasteiger partial charge on any atom is -0.346 e. The maximum atomic E-state index is 12.4. The van der Waals surface area contributed by atoms with E-state index in [-0.39, 0.29) is 30.3 Å². The van der Waals surface area contributed by atoms with E-state index in [1.807, 2.05) is 62.4 Å². The molecule has 0 saturated heterocycles. The normalized spacial score (nSPS) is 13.1. The van der Waals surface area contributed by atoms with E-state index in [2.05, 4.69) is 10.6 Å². The molecule has 0 heterocycles. The number of carbonyl (C=O) groups is 2. The van der Waals surface area contributed by atoms with Crippen molar-refractivity contribution < 1.29 is 9.59 Å². The summed E-state index contributed by atoms with van der Waals surface area (Å²) in [5, 5.41) is 6.12. The number of halogens is 1. The standard InChI is InChI=1S/C20H24ClN3O2/c1-13(2)18(22)20(26)23-12-17(25)24-19(14-7-4-3-5-8-14)15-9-6-10-16(21)11-15/h3-11,13,18-19H,12,22H2,1-2H3,(H,23,26)(H,24,25)/t18-,19?/m0/s1. The van der Waals surface area contributed by atoms with Gasteiger partial charge in [-0.05, 0) is 29.2 Å². The minimum atomic E-state index is -0.638. The summed E-state index contributed by atoms with van der Waals surface area (Å²) in [4.78, 5) is 24.3. The molecule has 0 aromatic heterocycles. The van der Waals surface area contributed by atoms with Crippen molar-refractivity contribution in [2.75, 3.05) is 6.54 Å². The van der Waals surface area contributed by atoms with E-state index in [0.717, 1.165) is 11.1 Å². The van der Waals surface area contributed by atoms with Gasteiger partial charge >= 0.3 is 0 Å². The highest BCUT2D eigenvalue weighted by atomic mass is 35.5. The third-order valence-electron chi connectivity index (χ3n) is 4.06. The van der Waals surface area contributed by atoms with Gasteiger partial charge in [-0.3, -0.25) is 9.59 Å². The zero-order chi connectivity index (χ0) is 19.1. The van der Waals surface area contributed by atoms with Crippen LogP contribution < -0.4 is 16.4 Å². The summed E-state index contributed by atoms with van der Waals surface area (Å²) in [6.45, 7) is 3.58. The van der Waals surface area contributed by atoms with Gasteiger partial charge in [0.05, 0.1) is 18.6 Å². The Morgan fingerprint density at radius 2 is 1.69 bits per heavy atom. The Labute approximate surface area is 158 Å². The monoisotopic (exact) mass is 373 g/mol. The second kappa shape index (κ2) is 9.36. The predicted octanol–water partition coefficient (Wildman–Crippen LogP) is 2.65. The molecule has 138 valence electrons. The zero-order valence-electron chi connectivity index (χ0n) is 14.9. The van der Waals surface area contributed by atoms with Gasteiger partial charge in [0.25, 0.3) is 0 Å². The van der Waals surface area contributed by atoms with Gasteiger partial charge in [0, 0.05) is 5.02 Å². The summed E-state index contributed by atoms with van der Waals surface area (Å²) >= 11 is 6.10. The molecular formula is C20H24ClN3O2. The van der Waals surface area contributed by atoms with Crippen LogP contribution in [0.1, 0.15) is 31.0 Å². The van der Waals surface area contributed by atoms with Crippen LogP contribution >= 0.6 is 11.6 Å². The molecule has 4 N–H and O–H groups in total. The fraction of sp³-hybridized carbons (Fsp3) is 0.300. The Balaban J connectivity index is 2.10. The first-order valence-corrected chi connectivity index (χ1v) is 8.89.